The number of amides is 1. The smallest absolute Gasteiger partial charge is 0.305 e. The second-order valence-corrected chi connectivity index (χ2v) is 6.82. The molecule has 1 aliphatic rings. The Balaban J connectivity index is 1.52. The molecule has 0 unspecified atom stereocenters. The van der Waals surface area contributed by atoms with Crippen LogP contribution in [0.4, 0.5) is 4.39 Å². The van der Waals surface area contributed by atoms with E-state index in [0.717, 1.165) is 5.56 Å². The first-order valence-electron chi connectivity index (χ1n) is 8.63. The Bertz CT molecular complexity index is 834. The summed E-state index contributed by atoms with van der Waals surface area (Å²) in [7, 11) is 0. The molecule has 1 saturated heterocycles. The molecule has 2 heterocycles. The molecule has 0 spiro atoms. The molecule has 0 saturated carbocycles. The maximum absolute atomic E-state index is 13.1. The summed E-state index contributed by atoms with van der Waals surface area (Å²) in [5.74, 6) is -1.43. The Morgan fingerprint density at radius 3 is 2.59 bits per heavy atom. The van der Waals surface area contributed by atoms with E-state index in [4.69, 9.17) is 16.7 Å². The first-order chi connectivity index (χ1) is 12.9. The van der Waals surface area contributed by atoms with Gasteiger partial charge in [-0.15, -0.1) is 0 Å². The van der Waals surface area contributed by atoms with Crippen molar-refractivity contribution < 1.29 is 19.1 Å². The van der Waals surface area contributed by atoms with Gasteiger partial charge >= 0.3 is 5.97 Å². The molecule has 9 heteroatoms. The number of carbonyl (C=O) groups is 2. The van der Waals surface area contributed by atoms with Gasteiger partial charge in [-0.2, -0.15) is 5.10 Å². The van der Waals surface area contributed by atoms with E-state index in [1.807, 2.05) is 0 Å². The zero-order chi connectivity index (χ0) is 19.4. The van der Waals surface area contributed by atoms with Crippen LogP contribution in [0.2, 0.25) is 5.02 Å². The monoisotopic (exact) mass is 394 g/mol. The lowest BCUT2D eigenvalue weighted by molar-refractivity contribution is -0.137. The third-order valence-electron chi connectivity index (χ3n) is 4.48. The van der Waals surface area contributed by atoms with Crippen LogP contribution < -0.4 is 0 Å². The molecule has 0 radical (unpaired) electrons. The van der Waals surface area contributed by atoms with E-state index in [0.29, 0.717) is 43.4 Å². The van der Waals surface area contributed by atoms with E-state index >= 15 is 0 Å². The van der Waals surface area contributed by atoms with Crippen LogP contribution in [0.1, 0.15) is 22.5 Å². The molecule has 1 aromatic heterocycles. The van der Waals surface area contributed by atoms with Crippen LogP contribution in [-0.2, 0) is 17.9 Å². The third-order valence-corrected chi connectivity index (χ3v) is 4.83. The second-order valence-electron chi connectivity index (χ2n) is 6.41. The Labute approximate surface area is 160 Å². The summed E-state index contributed by atoms with van der Waals surface area (Å²) in [4.78, 5) is 27.1. The molecule has 1 aliphatic heterocycles. The SMILES string of the molecule is O=C(O)CCn1ccc(C(=O)N2CCN(Cc3ccc(F)cc3Cl)CC2)n1. The number of nitrogens with zero attached hydrogens (tertiary/aromatic N) is 4. The first kappa shape index (κ1) is 19.3. The van der Waals surface area contributed by atoms with Crippen molar-refractivity contribution in [2.24, 2.45) is 0 Å². The largest absolute Gasteiger partial charge is 0.481 e. The second kappa shape index (κ2) is 8.49. The number of benzene rings is 1. The Hall–Kier alpha value is -2.45. The lowest BCUT2D eigenvalue weighted by Gasteiger charge is -2.34. The van der Waals surface area contributed by atoms with Gasteiger partial charge in [-0.25, -0.2) is 4.39 Å². The van der Waals surface area contributed by atoms with E-state index in [9.17, 15) is 14.0 Å². The van der Waals surface area contributed by atoms with E-state index in [1.165, 1.54) is 16.8 Å². The highest BCUT2D eigenvalue weighted by atomic mass is 35.5. The number of carbonyl (C=O) groups excluding carboxylic acids is 1. The number of piperazine rings is 1. The quantitative estimate of drug-likeness (QED) is 0.811. The molecule has 2 aromatic rings. The number of rotatable bonds is 6. The molecule has 0 aliphatic carbocycles. The number of aromatic nitrogens is 2. The lowest BCUT2D eigenvalue weighted by Crippen LogP contribution is -2.48. The summed E-state index contributed by atoms with van der Waals surface area (Å²) in [6.45, 7) is 3.30. The van der Waals surface area contributed by atoms with E-state index in [2.05, 4.69) is 10.00 Å². The van der Waals surface area contributed by atoms with Crippen LogP contribution in [-0.4, -0.2) is 62.7 Å². The average molecular weight is 395 g/mol. The molecule has 3 rings (SSSR count). The van der Waals surface area contributed by atoms with Crippen molar-refractivity contribution in [3.63, 3.8) is 0 Å². The van der Waals surface area contributed by atoms with Gasteiger partial charge in [-0.05, 0) is 23.8 Å². The Morgan fingerprint density at radius 1 is 1.19 bits per heavy atom. The van der Waals surface area contributed by atoms with Gasteiger partial charge in [0.2, 0.25) is 0 Å². The Kier molecular flexibility index (Phi) is 6.08. The van der Waals surface area contributed by atoms with Gasteiger partial charge in [-0.3, -0.25) is 19.2 Å². The number of hydrogen-bond acceptors (Lipinski definition) is 4. The molecule has 0 bridgehead atoms. The normalized spacial score (nSPS) is 15.1. The lowest BCUT2D eigenvalue weighted by atomic mass is 10.2. The maximum atomic E-state index is 13.1. The third kappa shape index (κ3) is 5.05. The summed E-state index contributed by atoms with van der Waals surface area (Å²) >= 11 is 6.08. The van der Waals surface area contributed by atoms with Crippen molar-refractivity contribution in [1.29, 1.82) is 0 Å². The topological polar surface area (TPSA) is 78.7 Å². The van der Waals surface area contributed by atoms with Crippen molar-refractivity contribution in [3.8, 4) is 0 Å². The van der Waals surface area contributed by atoms with Gasteiger partial charge in [0.05, 0.1) is 13.0 Å². The summed E-state index contributed by atoms with van der Waals surface area (Å²) in [6.07, 6.45) is 1.57. The van der Waals surface area contributed by atoms with Crippen LogP contribution >= 0.6 is 11.6 Å². The standard InChI is InChI=1S/C18H20ClFN4O3/c19-15-11-14(20)2-1-13(15)12-22-7-9-23(10-8-22)18(27)16-3-5-24(21-16)6-4-17(25)26/h1-3,5,11H,4,6-10,12H2,(H,25,26). The Morgan fingerprint density at radius 2 is 1.93 bits per heavy atom. The van der Waals surface area contributed by atoms with E-state index < -0.39 is 5.97 Å². The molecule has 1 fully saturated rings. The van der Waals surface area contributed by atoms with Crippen molar-refractivity contribution in [3.05, 3.63) is 52.6 Å². The molecule has 7 nitrogen and oxygen atoms in total. The van der Waals surface area contributed by atoms with Gasteiger partial charge in [0, 0.05) is 43.9 Å². The van der Waals surface area contributed by atoms with Gasteiger partial charge < -0.3 is 10.0 Å². The van der Waals surface area contributed by atoms with Crippen molar-refractivity contribution >= 4 is 23.5 Å². The summed E-state index contributed by atoms with van der Waals surface area (Å²) in [6, 6.07) is 5.98. The van der Waals surface area contributed by atoms with Gasteiger partial charge in [0.15, 0.2) is 0 Å². The van der Waals surface area contributed by atoms with Gasteiger partial charge in [0.1, 0.15) is 11.5 Å². The number of hydrogen-bond donors (Lipinski definition) is 1. The molecule has 0 atom stereocenters. The fourth-order valence-corrected chi connectivity index (χ4v) is 3.20. The molecule has 1 N–H and O–H groups in total. The minimum atomic E-state index is -0.907. The highest BCUT2D eigenvalue weighted by Gasteiger charge is 2.24. The summed E-state index contributed by atoms with van der Waals surface area (Å²) < 4.78 is 14.6. The van der Waals surface area contributed by atoms with Crippen molar-refractivity contribution in [2.45, 2.75) is 19.5 Å². The molecular formula is C18H20ClFN4O3. The first-order valence-corrected chi connectivity index (χ1v) is 9.01. The minimum absolute atomic E-state index is 0.0417. The zero-order valence-electron chi connectivity index (χ0n) is 14.6. The van der Waals surface area contributed by atoms with Gasteiger partial charge in [-0.1, -0.05) is 17.7 Å². The number of carboxylic acids is 1. The minimum Gasteiger partial charge on any atom is -0.481 e. The maximum Gasteiger partial charge on any atom is 0.305 e. The molecule has 1 aromatic carbocycles. The van der Waals surface area contributed by atoms with E-state index in [-0.39, 0.29) is 24.7 Å². The predicted molar refractivity (Wildman–Crippen MR) is 97.1 cm³/mol. The molecular weight excluding hydrogens is 375 g/mol. The average Bonchev–Trinajstić information content (AvgIpc) is 3.11. The van der Waals surface area contributed by atoms with Crippen LogP contribution in [0.25, 0.3) is 0 Å². The van der Waals surface area contributed by atoms with Crippen LogP contribution in [0.5, 0.6) is 0 Å². The highest BCUT2D eigenvalue weighted by molar-refractivity contribution is 6.31. The van der Waals surface area contributed by atoms with Crippen molar-refractivity contribution in [2.75, 3.05) is 26.2 Å². The van der Waals surface area contributed by atoms with Crippen LogP contribution in [0.3, 0.4) is 0 Å². The van der Waals surface area contributed by atoms with Crippen molar-refractivity contribution in [1.82, 2.24) is 19.6 Å². The fraction of sp³-hybridized carbons (Fsp3) is 0.389. The molecule has 144 valence electrons. The predicted octanol–water partition coefficient (Wildman–Crippen LogP) is 2.11. The number of carboxylic acid groups (broad SMARTS) is 1. The summed E-state index contributed by atoms with van der Waals surface area (Å²) in [5.41, 5.74) is 1.17. The van der Waals surface area contributed by atoms with Gasteiger partial charge in [0.25, 0.3) is 5.91 Å². The number of aryl methyl sites for hydroxylation is 1. The highest BCUT2D eigenvalue weighted by Crippen LogP contribution is 2.20. The number of halogens is 2. The van der Waals surface area contributed by atoms with Crippen LogP contribution in [0.15, 0.2) is 30.5 Å². The van der Waals surface area contributed by atoms with E-state index in [1.54, 1.807) is 23.2 Å². The fourth-order valence-electron chi connectivity index (χ4n) is 2.97. The zero-order valence-corrected chi connectivity index (χ0v) is 15.4. The summed E-state index contributed by atoms with van der Waals surface area (Å²) in [5, 5.41) is 13.3. The molecule has 27 heavy (non-hydrogen) atoms. The van der Waals surface area contributed by atoms with Crippen LogP contribution in [0, 0.1) is 5.82 Å². The number of aliphatic carboxylic acids is 1. The molecule has 1 amide bonds.